The summed E-state index contributed by atoms with van der Waals surface area (Å²) in [4.78, 5) is 23.1. The highest BCUT2D eigenvalue weighted by Crippen LogP contribution is 2.22. The predicted molar refractivity (Wildman–Crippen MR) is 109 cm³/mol. The third-order valence-electron chi connectivity index (χ3n) is 4.47. The molecule has 0 aliphatic rings. The van der Waals surface area contributed by atoms with Crippen molar-refractivity contribution < 1.29 is 9.32 Å². The number of thiazole rings is 1. The molecule has 0 radical (unpaired) electrons. The second-order valence-corrected chi connectivity index (χ2v) is 7.82. The Morgan fingerprint density at radius 3 is 2.68 bits per heavy atom. The van der Waals surface area contributed by atoms with Crippen LogP contribution < -0.4 is 0 Å². The predicted octanol–water partition coefficient (Wildman–Crippen LogP) is 4.25. The van der Waals surface area contributed by atoms with E-state index in [0.29, 0.717) is 31.1 Å². The summed E-state index contributed by atoms with van der Waals surface area (Å²) in [5, 5.41) is 4.94. The lowest BCUT2D eigenvalue weighted by atomic mass is 10.1. The van der Waals surface area contributed by atoms with E-state index in [1.807, 2.05) is 55.5 Å². The van der Waals surface area contributed by atoms with Crippen LogP contribution in [0.3, 0.4) is 0 Å². The molecule has 142 valence electrons. The fourth-order valence-electron chi connectivity index (χ4n) is 2.86. The summed E-state index contributed by atoms with van der Waals surface area (Å²) < 4.78 is 6.43. The first kappa shape index (κ1) is 18.3. The number of carbonyl (C=O) groups excluding carboxylic acids is 1. The molecule has 2 aromatic heterocycles. The van der Waals surface area contributed by atoms with E-state index in [0.717, 1.165) is 20.8 Å². The number of amides is 1. The molecule has 0 aliphatic carbocycles. The number of hydrogen-bond donors (Lipinski definition) is 0. The van der Waals surface area contributed by atoms with Crippen molar-refractivity contribution in [3.63, 3.8) is 0 Å². The van der Waals surface area contributed by atoms with Gasteiger partial charge in [-0.15, -0.1) is 11.3 Å². The molecule has 7 heteroatoms. The molecule has 6 nitrogen and oxygen atoms in total. The highest BCUT2D eigenvalue weighted by atomic mass is 32.1. The van der Waals surface area contributed by atoms with Gasteiger partial charge in [-0.3, -0.25) is 4.79 Å². The third kappa shape index (κ3) is 4.09. The van der Waals surface area contributed by atoms with E-state index in [1.54, 1.807) is 23.3 Å². The fraction of sp³-hybridized carbons (Fsp3) is 0.238. The van der Waals surface area contributed by atoms with Gasteiger partial charge in [0, 0.05) is 25.5 Å². The van der Waals surface area contributed by atoms with Crippen LogP contribution in [0.25, 0.3) is 21.6 Å². The average molecular weight is 392 g/mol. The Labute approximate surface area is 166 Å². The van der Waals surface area contributed by atoms with Crippen LogP contribution in [0.15, 0.2) is 53.1 Å². The summed E-state index contributed by atoms with van der Waals surface area (Å²) in [7, 11) is 1.79. The number of para-hydroxylation sites is 1. The summed E-state index contributed by atoms with van der Waals surface area (Å²) in [6, 6.07) is 15.9. The van der Waals surface area contributed by atoms with Gasteiger partial charge in [0.2, 0.25) is 17.6 Å². The lowest BCUT2D eigenvalue weighted by Crippen LogP contribution is -2.26. The van der Waals surface area contributed by atoms with Gasteiger partial charge in [-0.05, 0) is 19.1 Å². The van der Waals surface area contributed by atoms with E-state index >= 15 is 0 Å². The van der Waals surface area contributed by atoms with Crippen LogP contribution in [0.5, 0.6) is 0 Å². The van der Waals surface area contributed by atoms with Crippen molar-refractivity contribution in [1.82, 2.24) is 20.0 Å². The van der Waals surface area contributed by atoms with E-state index in [9.17, 15) is 4.79 Å². The average Bonchev–Trinajstić information content (AvgIpc) is 3.33. The molecule has 0 N–H and O–H groups in total. The van der Waals surface area contributed by atoms with Crippen molar-refractivity contribution >= 4 is 27.5 Å². The van der Waals surface area contributed by atoms with Crippen LogP contribution in [-0.4, -0.2) is 33.0 Å². The zero-order valence-corrected chi connectivity index (χ0v) is 16.6. The van der Waals surface area contributed by atoms with E-state index in [4.69, 9.17) is 4.52 Å². The van der Waals surface area contributed by atoms with Gasteiger partial charge < -0.3 is 9.42 Å². The molecule has 0 fully saturated rings. The number of fused-ring (bicyclic) bond motifs is 1. The van der Waals surface area contributed by atoms with Gasteiger partial charge in [0.05, 0.1) is 16.8 Å². The quantitative estimate of drug-likeness (QED) is 0.491. The van der Waals surface area contributed by atoms with Crippen LogP contribution in [0.2, 0.25) is 0 Å². The Morgan fingerprint density at radius 1 is 1.11 bits per heavy atom. The molecule has 0 saturated heterocycles. The molecule has 2 heterocycles. The number of hydrogen-bond acceptors (Lipinski definition) is 6. The third-order valence-corrected chi connectivity index (χ3v) is 5.49. The maximum Gasteiger partial charge on any atom is 0.227 e. The molecule has 0 saturated carbocycles. The molecule has 4 rings (SSSR count). The first-order valence-corrected chi connectivity index (χ1v) is 9.88. The fourth-order valence-corrected chi connectivity index (χ4v) is 3.88. The Bertz CT molecular complexity index is 1070. The van der Waals surface area contributed by atoms with Gasteiger partial charge in [-0.1, -0.05) is 47.1 Å². The largest absolute Gasteiger partial charge is 0.339 e. The summed E-state index contributed by atoms with van der Waals surface area (Å²) in [6.07, 6.45) is 0.735. The van der Waals surface area contributed by atoms with Crippen LogP contribution in [0.1, 0.15) is 22.9 Å². The van der Waals surface area contributed by atoms with E-state index < -0.39 is 0 Å². The highest BCUT2D eigenvalue weighted by molar-refractivity contribution is 7.18. The Balaban J connectivity index is 1.34. The van der Waals surface area contributed by atoms with Gasteiger partial charge in [0.25, 0.3) is 0 Å². The lowest BCUT2D eigenvalue weighted by Gasteiger charge is -2.14. The van der Waals surface area contributed by atoms with E-state index in [-0.39, 0.29) is 5.91 Å². The number of aryl methyl sites for hydroxylation is 2. The van der Waals surface area contributed by atoms with Crippen molar-refractivity contribution in [2.75, 3.05) is 7.05 Å². The van der Waals surface area contributed by atoms with Crippen LogP contribution in [0, 0.1) is 6.92 Å². The number of carbonyl (C=O) groups is 1. The van der Waals surface area contributed by atoms with E-state index in [1.165, 1.54) is 5.56 Å². The minimum absolute atomic E-state index is 0.0225. The van der Waals surface area contributed by atoms with Crippen molar-refractivity contribution in [2.45, 2.75) is 26.3 Å². The second kappa shape index (κ2) is 7.90. The second-order valence-electron chi connectivity index (χ2n) is 6.70. The van der Waals surface area contributed by atoms with Crippen molar-refractivity contribution in [3.8, 4) is 11.4 Å². The summed E-state index contributed by atoms with van der Waals surface area (Å²) in [6.45, 7) is 2.53. The molecule has 0 spiro atoms. The summed E-state index contributed by atoms with van der Waals surface area (Å²) in [5.41, 5.74) is 3.05. The Kier molecular flexibility index (Phi) is 5.16. The molecule has 0 aliphatic heterocycles. The molecular weight excluding hydrogens is 372 g/mol. The van der Waals surface area contributed by atoms with Crippen LogP contribution >= 0.6 is 11.3 Å². The zero-order chi connectivity index (χ0) is 19.5. The normalized spacial score (nSPS) is 11.1. The number of rotatable bonds is 6. The van der Waals surface area contributed by atoms with Crippen molar-refractivity contribution in [3.05, 3.63) is 65.0 Å². The molecule has 4 aromatic rings. The van der Waals surface area contributed by atoms with Crippen molar-refractivity contribution in [1.29, 1.82) is 0 Å². The highest BCUT2D eigenvalue weighted by Gasteiger charge is 2.15. The molecule has 0 atom stereocenters. The Hall–Kier alpha value is -3.06. The SMILES string of the molecule is Cc1ccc(-c2noc(CCC(=O)N(C)Cc3nc4ccccc4s3)n2)cc1. The molecule has 2 aromatic carbocycles. The minimum Gasteiger partial charge on any atom is -0.339 e. The van der Waals surface area contributed by atoms with Crippen molar-refractivity contribution in [2.24, 2.45) is 0 Å². The van der Waals surface area contributed by atoms with Gasteiger partial charge in [0.1, 0.15) is 5.01 Å². The van der Waals surface area contributed by atoms with Crippen LogP contribution in [0.4, 0.5) is 0 Å². The smallest absolute Gasteiger partial charge is 0.227 e. The minimum atomic E-state index is 0.0225. The standard InChI is InChI=1S/C21H20N4O2S/c1-14-7-9-15(10-8-14)21-23-18(27-24-21)11-12-20(26)25(2)13-19-22-16-5-3-4-6-17(16)28-19/h3-10H,11-13H2,1-2H3. The van der Waals surface area contributed by atoms with Crippen LogP contribution in [-0.2, 0) is 17.8 Å². The topological polar surface area (TPSA) is 72.1 Å². The number of nitrogens with zero attached hydrogens (tertiary/aromatic N) is 4. The lowest BCUT2D eigenvalue weighted by molar-refractivity contribution is -0.130. The maximum atomic E-state index is 12.5. The number of aromatic nitrogens is 3. The first-order valence-electron chi connectivity index (χ1n) is 9.06. The van der Waals surface area contributed by atoms with Gasteiger partial charge in [-0.25, -0.2) is 4.98 Å². The summed E-state index contributed by atoms with van der Waals surface area (Å²) >= 11 is 1.61. The van der Waals surface area contributed by atoms with Gasteiger partial charge in [-0.2, -0.15) is 4.98 Å². The monoisotopic (exact) mass is 392 g/mol. The summed E-state index contributed by atoms with van der Waals surface area (Å²) in [5.74, 6) is 1.04. The molecular formula is C21H20N4O2S. The molecule has 1 amide bonds. The first-order chi connectivity index (χ1) is 13.6. The Morgan fingerprint density at radius 2 is 1.89 bits per heavy atom. The zero-order valence-electron chi connectivity index (χ0n) is 15.8. The number of benzene rings is 2. The molecule has 28 heavy (non-hydrogen) atoms. The maximum absolute atomic E-state index is 12.5. The van der Waals surface area contributed by atoms with Gasteiger partial charge >= 0.3 is 0 Å². The van der Waals surface area contributed by atoms with Gasteiger partial charge in [0.15, 0.2) is 0 Å². The van der Waals surface area contributed by atoms with E-state index in [2.05, 4.69) is 15.1 Å². The molecule has 0 bridgehead atoms. The molecule has 0 unspecified atom stereocenters.